The number of hydrogen-bond donors (Lipinski definition) is 0. The summed E-state index contributed by atoms with van der Waals surface area (Å²) in [4.78, 5) is 0. The summed E-state index contributed by atoms with van der Waals surface area (Å²) >= 11 is 0. The van der Waals surface area contributed by atoms with E-state index in [1.165, 1.54) is 12.8 Å². The molecule has 3 nitrogen and oxygen atoms in total. The molecular weight excluding hydrogens is 365 g/mol. The Morgan fingerprint density at radius 1 is 0.708 bits per heavy atom. The number of rotatable bonds is 8. The van der Waals surface area contributed by atoms with E-state index in [1.807, 2.05) is 0 Å². The Morgan fingerprint density at radius 3 is 1.46 bits per heavy atom. The average molecular weight is 403 g/mol. The number of allylic oxidation sites excluding steroid dienone is 2. The molecule has 3 atom stereocenters. The molecule has 140 valence electrons. The molecule has 1 fully saturated rings. The van der Waals surface area contributed by atoms with Gasteiger partial charge in [0.15, 0.2) is 25.0 Å². The third kappa shape index (κ3) is 6.33. The van der Waals surface area contributed by atoms with Crippen LogP contribution in [0, 0.1) is 17.8 Å². The van der Waals surface area contributed by atoms with Crippen LogP contribution in [0.3, 0.4) is 0 Å². The predicted octanol–water partition coefficient (Wildman–Crippen LogP) is 5.69. The topological polar surface area (TPSA) is 27.7 Å². The third-order valence-corrected chi connectivity index (χ3v) is 16.4. The van der Waals surface area contributed by atoms with E-state index in [0.29, 0.717) is 5.92 Å². The van der Waals surface area contributed by atoms with Gasteiger partial charge in [-0.3, -0.25) is 0 Å². The van der Waals surface area contributed by atoms with E-state index < -0.39 is 33.8 Å². The van der Waals surface area contributed by atoms with Gasteiger partial charge in [0.05, 0.1) is 0 Å². The quantitative estimate of drug-likeness (QED) is 0.385. The van der Waals surface area contributed by atoms with Crippen molar-refractivity contribution in [3.05, 3.63) is 12.2 Å². The van der Waals surface area contributed by atoms with Gasteiger partial charge in [0.1, 0.15) is 0 Å². The van der Waals surface area contributed by atoms with Crippen LogP contribution < -0.4 is 0 Å². The summed E-state index contributed by atoms with van der Waals surface area (Å²) in [6.07, 6.45) is 7.50. The van der Waals surface area contributed by atoms with Crippen molar-refractivity contribution in [3.63, 3.8) is 0 Å². The largest absolute Gasteiger partial charge is 0.469 e. The second-order valence-electron chi connectivity index (χ2n) is 10.6. The zero-order chi connectivity index (χ0) is 18.4. The average Bonchev–Trinajstić information content (AvgIpc) is 2.81. The molecule has 2 rings (SSSR count). The first-order valence-corrected chi connectivity index (χ1v) is 21.6. The molecule has 0 aromatic carbocycles. The highest BCUT2D eigenvalue weighted by atomic mass is 28.5. The molecule has 0 saturated heterocycles. The van der Waals surface area contributed by atoms with E-state index in [1.54, 1.807) is 0 Å². The number of fused-ring (bicyclic) bond motifs is 2. The minimum Gasteiger partial charge on any atom is -0.417 e. The molecule has 0 aromatic heterocycles. The Labute approximate surface area is 153 Å². The van der Waals surface area contributed by atoms with Gasteiger partial charge in [0, 0.05) is 6.04 Å². The Kier molecular flexibility index (Phi) is 5.98. The maximum absolute atomic E-state index is 6.83. The van der Waals surface area contributed by atoms with Gasteiger partial charge < -0.3 is 12.3 Å². The molecule has 1 saturated carbocycles. The van der Waals surface area contributed by atoms with E-state index in [4.69, 9.17) is 12.3 Å². The van der Waals surface area contributed by atoms with E-state index in [2.05, 4.69) is 71.1 Å². The first kappa shape index (κ1) is 20.8. The SMILES string of the molecule is C[Si](C)(C)O[Si](CC1CC2C=CC1C2)(O[Si](C)(C)C)O[Si](C)(C)C. The fourth-order valence-electron chi connectivity index (χ4n) is 4.04. The van der Waals surface area contributed by atoms with Crippen LogP contribution in [0.25, 0.3) is 0 Å². The van der Waals surface area contributed by atoms with Gasteiger partial charge in [0.25, 0.3) is 0 Å². The van der Waals surface area contributed by atoms with Crippen LogP contribution in [0.1, 0.15) is 12.8 Å². The fraction of sp³-hybridized carbons (Fsp3) is 0.882. The first-order chi connectivity index (χ1) is 10.7. The second kappa shape index (κ2) is 6.90. The highest BCUT2D eigenvalue weighted by Gasteiger charge is 2.53. The van der Waals surface area contributed by atoms with Gasteiger partial charge in [-0.25, -0.2) is 0 Å². The maximum atomic E-state index is 6.83. The van der Waals surface area contributed by atoms with Crippen molar-refractivity contribution in [3.8, 4) is 0 Å². The molecule has 2 aliphatic carbocycles. The van der Waals surface area contributed by atoms with Crippen LogP contribution >= 0.6 is 0 Å². The third-order valence-electron chi connectivity index (χ3n) is 4.31. The lowest BCUT2D eigenvalue weighted by Gasteiger charge is -2.44. The molecule has 0 aromatic rings. The smallest absolute Gasteiger partial charge is 0.417 e. The molecule has 0 heterocycles. The van der Waals surface area contributed by atoms with E-state index in [0.717, 1.165) is 17.9 Å². The lowest BCUT2D eigenvalue weighted by atomic mass is 9.96. The van der Waals surface area contributed by atoms with Gasteiger partial charge in [0.2, 0.25) is 0 Å². The highest BCUT2D eigenvalue weighted by molar-refractivity contribution is 6.90. The predicted molar refractivity (Wildman–Crippen MR) is 113 cm³/mol. The Balaban J connectivity index is 2.29. The molecule has 0 spiro atoms. The van der Waals surface area contributed by atoms with Crippen molar-refractivity contribution in [1.82, 2.24) is 0 Å². The van der Waals surface area contributed by atoms with Crippen molar-refractivity contribution in [2.75, 3.05) is 0 Å². The molecule has 2 aliphatic rings. The van der Waals surface area contributed by atoms with Gasteiger partial charge in [-0.2, -0.15) is 0 Å². The van der Waals surface area contributed by atoms with Crippen LogP contribution in [0.2, 0.25) is 65.0 Å². The van der Waals surface area contributed by atoms with E-state index in [9.17, 15) is 0 Å². The Morgan fingerprint density at radius 2 is 1.17 bits per heavy atom. The van der Waals surface area contributed by atoms with Crippen LogP contribution in [-0.2, 0) is 12.3 Å². The molecule has 24 heavy (non-hydrogen) atoms. The summed E-state index contributed by atoms with van der Waals surface area (Å²) in [7, 11) is -7.89. The van der Waals surface area contributed by atoms with Gasteiger partial charge in [-0.15, -0.1) is 0 Å². The summed E-state index contributed by atoms with van der Waals surface area (Å²) in [5.41, 5.74) is 0. The fourth-order valence-corrected chi connectivity index (χ4v) is 19.0. The van der Waals surface area contributed by atoms with E-state index in [-0.39, 0.29) is 0 Å². The molecule has 0 radical (unpaired) electrons. The van der Waals surface area contributed by atoms with Crippen LogP contribution in [0.5, 0.6) is 0 Å². The summed E-state index contributed by atoms with van der Waals surface area (Å²) in [6.45, 7) is 20.5. The van der Waals surface area contributed by atoms with Crippen molar-refractivity contribution in [2.24, 2.45) is 17.8 Å². The zero-order valence-electron chi connectivity index (χ0n) is 17.2. The normalized spacial score (nSPS) is 28.0. The number of hydrogen-bond acceptors (Lipinski definition) is 3. The highest BCUT2D eigenvalue weighted by Crippen LogP contribution is 2.48. The van der Waals surface area contributed by atoms with Crippen molar-refractivity contribution in [2.45, 2.75) is 77.8 Å². The molecule has 0 N–H and O–H groups in total. The van der Waals surface area contributed by atoms with Crippen molar-refractivity contribution < 1.29 is 12.3 Å². The first-order valence-electron chi connectivity index (χ1n) is 9.45. The summed E-state index contributed by atoms with van der Waals surface area (Å²) < 4.78 is 20.5. The minimum atomic E-state index is -2.65. The van der Waals surface area contributed by atoms with Crippen molar-refractivity contribution in [1.29, 1.82) is 0 Å². The molecule has 7 heteroatoms. The minimum absolute atomic E-state index is 0.690. The summed E-state index contributed by atoms with van der Waals surface area (Å²) in [5, 5.41) is 0. The lowest BCUT2D eigenvalue weighted by molar-refractivity contribution is 0.236. The van der Waals surface area contributed by atoms with E-state index >= 15 is 0 Å². The standard InChI is InChI=1S/C17H38O3Si4/c1-21(2,3)18-24(19-22(4,5)6,20-23(7,8)9)14-17-13-15-10-11-16(17)12-15/h10-11,15-17H,12-14H2,1-9H3. The molecule has 0 amide bonds. The molecular formula is C17H38O3Si4. The molecule has 3 unspecified atom stereocenters. The second-order valence-corrected chi connectivity index (χ2v) is 27.5. The Hall–Kier alpha value is 0.488. The van der Waals surface area contributed by atoms with Gasteiger partial charge >= 0.3 is 8.80 Å². The summed E-state index contributed by atoms with van der Waals surface area (Å²) in [6, 6.07) is 1.03. The van der Waals surface area contributed by atoms with Crippen LogP contribution in [0.4, 0.5) is 0 Å². The van der Waals surface area contributed by atoms with Gasteiger partial charge in [-0.1, -0.05) is 12.2 Å². The maximum Gasteiger partial charge on any atom is 0.469 e. The molecule has 2 bridgehead atoms. The van der Waals surface area contributed by atoms with Crippen molar-refractivity contribution >= 4 is 33.8 Å². The Bertz CT molecular complexity index is 433. The van der Waals surface area contributed by atoms with Crippen LogP contribution in [-0.4, -0.2) is 33.8 Å². The molecule has 0 aliphatic heterocycles. The monoisotopic (exact) mass is 402 g/mol. The van der Waals surface area contributed by atoms with Gasteiger partial charge in [-0.05, 0) is 89.5 Å². The lowest BCUT2D eigenvalue weighted by Crippen LogP contribution is -2.61. The van der Waals surface area contributed by atoms with Crippen LogP contribution in [0.15, 0.2) is 12.2 Å². The zero-order valence-corrected chi connectivity index (χ0v) is 21.2. The summed E-state index contributed by atoms with van der Waals surface area (Å²) in [5.74, 6) is 2.20.